The summed E-state index contributed by atoms with van der Waals surface area (Å²) in [4.78, 5) is 3.38. The molecule has 7 heteroatoms. The van der Waals surface area contributed by atoms with E-state index in [1.165, 1.54) is 0 Å². The van der Waals surface area contributed by atoms with Crippen LogP contribution in [0.4, 0.5) is 0 Å². The molecule has 0 saturated carbocycles. The smallest absolute Gasteiger partial charge is 0.203 e. The number of nitrogens with zero attached hydrogens (tertiary/aromatic N) is 2. The Labute approximate surface area is 149 Å². The number of H-pyrrole nitrogens is 2. The molecule has 7 nitrogen and oxygen atoms in total. The normalized spacial score (nSPS) is 10.9. The molecule has 4 rings (SSSR count). The highest BCUT2D eigenvalue weighted by molar-refractivity contribution is 5.88. The number of methoxy groups -OCH3 is 3. The molecule has 0 saturated heterocycles. The summed E-state index contributed by atoms with van der Waals surface area (Å²) in [6.45, 7) is 0. The fourth-order valence-electron chi connectivity index (χ4n) is 3.04. The predicted molar refractivity (Wildman–Crippen MR) is 98.8 cm³/mol. The standard InChI is InChI=1S/C19H18N4O3/c1-24-15-9-12(10-16(25-2)19(15)26-3)17-18(22-23-21-17)14-8-11-6-4-5-7-13(11)20-14/h4-10,20H,1-3H3,(H,21,22,23). The van der Waals surface area contributed by atoms with Crippen LogP contribution < -0.4 is 14.2 Å². The molecule has 2 N–H and O–H groups in total. The number of rotatable bonds is 5. The summed E-state index contributed by atoms with van der Waals surface area (Å²) in [6, 6.07) is 13.8. The van der Waals surface area contributed by atoms with Crippen LogP contribution in [0.2, 0.25) is 0 Å². The van der Waals surface area contributed by atoms with Crippen molar-refractivity contribution in [3.05, 3.63) is 42.5 Å². The van der Waals surface area contributed by atoms with E-state index < -0.39 is 0 Å². The summed E-state index contributed by atoms with van der Waals surface area (Å²) in [5, 5.41) is 12.5. The van der Waals surface area contributed by atoms with E-state index in [-0.39, 0.29) is 0 Å². The predicted octanol–water partition coefficient (Wildman–Crippen LogP) is 3.65. The van der Waals surface area contributed by atoms with Gasteiger partial charge in [-0.15, -0.1) is 0 Å². The summed E-state index contributed by atoms with van der Waals surface area (Å²) in [6.07, 6.45) is 0. The second-order valence-electron chi connectivity index (χ2n) is 5.71. The molecular formula is C19H18N4O3. The van der Waals surface area contributed by atoms with Crippen LogP contribution in [0.15, 0.2) is 42.5 Å². The molecule has 0 aliphatic rings. The molecular weight excluding hydrogens is 332 g/mol. The van der Waals surface area contributed by atoms with Gasteiger partial charge in [0.05, 0.1) is 27.0 Å². The van der Waals surface area contributed by atoms with Crippen LogP contribution in [0.1, 0.15) is 0 Å². The third-order valence-electron chi connectivity index (χ3n) is 4.27. The molecule has 0 bridgehead atoms. The number of hydrogen-bond donors (Lipinski definition) is 2. The van der Waals surface area contributed by atoms with E-state index >= 15 is 0 Å². The first-order chi connectivity index (χ1) is 12.7. The monoisotopic (exact) mass is 350 g/mol. The molecule has 0 aliphatic carbocycles. The molecule has 0 atom stereocenters. The lowest BCUT2D eigenvalue weighted by atomic mass is 10.1. The van der Waals surface area contributed by atoms with Crippen molar-refractivity contribution >= 4 is 10.9 Å². The van der Waals surface area contributed by atoms with Crippen molar-refractivity contribution in [3.63, 3.8) is 0 Å². The number of para-hydroxylation sites is 1. The topological polar surface area (TPSA) is 85.1 Å². The molecule has 2 heterocycles. The van der Waals surface area contributed by atoms with Gasteiger partial charge in [0.15, 0.2) is 11.5 Å². The molecule has 26 heavy (non-hydrogen) atoms. The molecule has 2 aromatic carbocycles. The van der Waals surface area contributed by atoms with E-state index in [0.29, 0.717) is 22.9 Å². The van der Waals surface area contributed by atoms with Gasteiger partial charge in [0.25, 0.3) is 0 Å². The zero-order chi connectivity index (χ0) is 18.1. The first-order valence-corrected chi connectivity index (χ1v) is 8.04. The first-order valence-electron chi connectivity index (χ1n) is 8.04. The van der Waals surface area contributed by atoms with Gasteiger partial charge >= 0.3 is 0 Å². The van der Waals surface area contributed by atoms with Gasteiger partial charge in [-0.2, -0.15) is 15.4 Å². The van der Waals surface area contributed by atoms with Crippen LogP contribution in [-0.2, 0) is 0 Å². The minimum atomic E-state index is 0.536. The van der Waals surface area contributed by atoms with Crippen LogP contribution in [0.3, 0.4) is 0 Å². The lowest BCUT2D eigenvalue weighted by Crippen LogP contribution is -1.96. The number of hydrogen-bond acceptors (Lipinski definition) is 5. The lowest BCUT2D eigenvalue weighted by Gasteiger charge is -2.13. The van der Waals surface area contributed by atoms with Gasteiger partial charge in [0, 0.05) is 16.5 Å². The van der Waals surface area contributed by atoms with Gasteiger partial charge < -0.3 is 19.2 Å². The largest absolute Gasteiger partial charge is 0.493 e. The van der Waals surface area contributed by atoms with Crippen molar-refractivity contribution in [1.82, 2.24) is 20.4 Å². The van der Waals surface area contributed by atoms with Gasteiger partial charge in [0.2, 0.25) is 5.75 Å². The third kappa shape index (κ3) is 2.54. The Morgan fingerprint density at radius 3 is 2.15 bits per heavy atom. The number of fused-ring (bicyclic) bond motifs is 1. The Morgan fingerprint density at radius 2 is 1.50 bits per heavy atom. The number of aromatic nitrogens is 4. The summed E-state index contributed by atoms with van der Waals surface area (Å²) >= 11 is 0. The van der Waals surface area contributed by atoms with E-state index in [1.54, 1.807) is 21.3 Å². The highest BCUT2D eigenvalue weighted by Crippen LogP contribution is 2.42. The van der Waals surface area contributed by atoms with Crippen LogP contribution >= 0.6 is 0 Å². The number of aromatic amines is 2. The van der Waals surface area contributed by atoms with E-state index in [9.17, 15) is 0 Å². The Bertz CT molecular complexity index is 1010. The summed E-state index contributed by atoms with van der Waals surface area (Å²) < 4.78 is 16.3. The van der Waals surface area contributed by atoms with E-state index in [2.05, 4.69) is 32.5 Å². The maximum atomic E-state index is 5.44. The molecule has 132 valence electrons. The summed E-state index contributed by atoms with van der Waals surface area (Å²) in [7, 11) is 4.75. The second kappa shape index (κ2) is 6.44. The van der Waals surface area contributed by atoms with Crippen molar-refractivity contribution in [2.75, 3.05) is 21.3 Å². The zero-order valence-corrected chi connectivity index (χ0v) is 14.7. The van der Waals surface area contributed by atoms with Gasteiger partial charge in [0.1, 0.15) is 11.4 Å². The molecule has 4 aromatic rings. The highest BCUT2D eigenvalue weighted by Gasteiger charge is 2.19. The number of nitrogens with one attached hydrogen (secondary N) is 2. The highest BCUT2D eigenvalue weighted by atomic mass is 16.5. The Kier molecular flexibility index (Phi) is 3.96. The van der Waals surface area contributed by atoms with Crippen LogP contribution in [0.5, 0.6) is 17.2 Å². The molecule has 0 unspecified atom stereocenters. The molecule has 0 amide bonds. The Balaban J connectivity index is 1.87. The zero-order valence-electron chi connectivity index (χ0n) is 14.7. The van der Waals surface area contributed by atoms with Gasteiger partial charge in [-0.1, -0.05) is 18.2 Å². The fraction of sp³-hybridized carbons (Fsp3) is 0.158. The average Bonchev–Trinajstić information content (AvgIpc) is 3.33. The van der Waals surface area contributed by atoms with Crippen LogP contribution in [0, 0.1) is 0 Å². The lowest BCUT2D eigenvalue weighted by molar-refractivity contribution is 0.324. The van der Waals surface area contributed by atoms with Crippen molar-refractivity contribution in [1.29, 1.82) is 0 Å². The average molecular weight is 350 g/mol. The van der Waals surface area contributed by atoms with Crippen LogP contribution in [0.25, 0.3) is 33.5 Å². The summed E-state index contributed by atoms with van der Waals surface area (Å²) in [5.74, 6) is 1.66. The maximum absolute atomic E-state index is 5.44. The second-order valence-corrected chi connectivity index (χ2v) is 5.71. The van der Waals surface area contributed by atoms with E-state index in [4.69, 9.17) is 14.2 Å². The van der Waals surface area contributed by atoms with E-state index in [0.717, 1.165) is 27.9 Å². The number of ether oxygens (including phenoxy) is 3. The van der Waals surface area contributed by atoms with Gasteiger partial charge in [-0.25, -0.2) is 0 Å². The molecule has 0 aliphatic heterocycles. The third-order valence-corrected chi connectivity index (χ3v) is 4.27. The SMILES string of the molecule is COc1cc(-c2n[nH]nc2-c2cc3ccccc3[nH]2)cc(OC)c1OC. The van der Waals surface area contributed by atoms with Crippen molar-refractivity contribution in [3.8, 4) is 39.9 Å². The Hall–Kier alpha value is -3.48. The summed E-state index contributed by atoms with van der Waals surface area (Å²) in [5.41, 5.74) is 4.14. The van der Waals surface area contributed by atoms with Gasteiger partial charge in [-0.05, 0) is 24.3 Å². The van der Waals surface area contributed by atoms with Crippen molar-refractivity contribution in [2.45, 2.75) is 0 Å². The van der Waals surface area contributed by atoms with Crippen molar-refractivity contribution in [2.24, 2.45) is 0 Å². The molecule has 0 radical (unpaired) electrons. The molecule has 0 fully saturated rings. The quantitative estimate of drug-likeness (QED) is 0.574. The fourth-order valence-corrected chi connectivity index (χ4v) is 3.04. The minimum Gasteiger partial charge on any atom is -0.493 e. The number of benzene rings is 2. The first kappa shape index (κ1) is 16.0. The van der Waals surface area contributed by atoms with Gasteiger partial charge in [-0.3, -0.25) is 0 Å². The molecule has 2 aromatic heterocycles. The Morgan fingerprint density at radius 1 is 0.808 bits per heavy atom. The van der Waals surface area contributed by atoms with Crippen molar-refractivity contribution < 1.29 is 14.2 Å². The van der Waals surface area contributed by atoms with E-state index in [1.807, 2.05) is 30.3 Å². The van der Waals surface area contributed by atoms with Crippen LogP contribution in [-0.4, -0.2) is 41.7 Å². The maximum Gasteiger partial charge on any atom is 0.203 e. The molecule has 0 spiro atoms. The minimum absolute atomic E-state index is 0.536.